The third kappa shape index (κ3) is 2.71. The monoisotopic (exact) mass is 183 g/mol. The molecule has 2 unspecified atom stereocenters. The Balaban J connectivity index is 2.64. The normalized spacial score (nSPS) is 30.0. The first-order valence-corrected chi connectivity index (χ1v) is 5.44. The zero-order valence-electron chi connectivity index (χ0n) is 8.97. The Morgan fingerprint density at radius 2 is 2.23 bits per heavy atom. The van der Waals surface area contributed by atoms with Crippen LogP contribution in [-0.2, 0) is 4.79 Å². The summed E-state index contributed by atoms with van der Waals surface area (Å²) in [6.45, 7) is 6.67. The second-order valence-electron chi connectivity index (χ2n) is 4.38. The Bertz CT molecular complexity index is 177. The minimum absolute atomic E-state index is 0.245. The standard InChI is InChI=1S/C11H21NO/c1-4-10-9(8(2)3)6-5-7-11(13)12-10/h8-10H,4-7H2,1-3H3,(H,12,13). The van der Waals surface area contributed by atoms with Crippen LogP contribution in [0.1, 0.15) is 46.5 Å². The second kappa shape index (κ2) is 4.64. The summed E-state index contributed by atoms with van der Waals surface area (Å²) in [5.74, 6) is 1.61. The van der Waals surface area contributed by atoms with Crippen molar-refractivity contribution in [2.45, 2.75) is 52.5 Å². The van der Waals surface area contributed by atoms with Gasteiger partial charge in [-0.05, 0) is 31.1 Å². The quantitative estimate of drug-likeness (QED) is 0.699. The van der Waals surface area contributed by atoms with E-state index in [9.17, 15) is 4.79 Å². The highest BCUT2D eigenvalue weighted by molar-refractivity contribution is 5.76. The average Bonchev–Trinajstić information content (AvgIpc) is 2.26. The maximum Gasteiger partial charge on any atom is 0.220 e. The fourth-order valence-corrected chi connectivity index (χ4v) is 2.29. The molecule has 2 atom stereocenters. The molecule has 1 aliphatic heterocycles. The first-order valence-electron chi connectivity index (χ1n) is 5.44. The summed E-state index contributed by atoms with van der Waals surface area (Å²) in [6.07, 6.45) is 4.05. The first kappa shape index (κ1) is 10.6. The van der Waals surface area contributed by atoms with Gasteiger partial charge in [-0.1, -0.05) is 20.8 Å². The number of amides is 1. The van der Waals surface area contributed by atoms with Crippen LogP contribution in [0.15, 0.2) is 0 Å². The Kier molecular flexibility index (Phi) is 3.76. The van der Waals surface area contributed by atoms with E-state index in [1.807, 2.05) is 0 Å². The van der Waals surface area contributed by atoms with Crippen LogP contribution < -0.4 is 5.32 Å². The zero-order chi connectivity index (χ0) is 9.84. The van der Waals surface area contributed by atoms with E-state index >= 15 is 0 Å². The molecule has 2 heteroatoms. The van der Waals surface area contributed by atoms with Crippen molar-refractivity contribution in [1.82, 2.24) is 5.32 Å². The van der Waals surface area contributed by atoms with Crippen molar-refractivity contribution < 1.29 is 4.79 Å². The summed E-state index contributed by atoms with van der Waals surface area (Å²) in [4.78, 5) is 11.3. The van der Waals surface area contributed by atoms with Gasteiger partial charge in [0.1, 0.15) is 0 Å². The van der Waals surface area contributed by atoms with Crippen LogP contribution in [-0.4, -0.2) is 11.9 Å². The van der Waals surface area contributed by atoms with Gasteiger partial charge in [-0.2, -0.15) is 0 Å². The van der Waals surface area contributed by atoms with Gasteiger partial charge >= 0.3 is 0 Å². The van der Waals surface area contributed by atoms with E-state index in [0.29, 0.717) is 17.9 Å². The highest BCUT2D eigenvalue weighted by Crippen LogP contribution is 2.26. The van der Waals surface area contributed by atoms with E-state index in [-0.39, 0.29) is 5.91 Å². The second-order valence-corrected chi connectivity index (χ2v) is 4.38. The van der Waals surface area contributed by atoms with E-state index < -0.39 is 0 Å². The molecule has 1 rings (SSSR count). The molecule has 1 aliphatic rings. The van der Waals surface area contributed by atoms with E-state index in [1.165, 1.54) is 6.42 Å². The highest BCUT2D eigenvalue weighted by atomic mass is 16.1. The van der Waals surface area contributed by atoms with Gasteiger partial charge < -0.3 is 5.32 Å². The maximum absolute atomic E-state index is 11.3. The predicted octanol–water partition coefficient (Wildman–Crippen LogP) is 2.34. The summed E-state index contributed by atoms with van der Waals surface area (Å²) < 4.78 is 0. The van der Waals surface area contributed by atoms with E-state index in [4.69, 9.17) is 0 Å². The van der Waals surface area contributed by atoms with Crippen LogP contribution in [0.5, 0.6) is 0 Å². The van der Waals surface area contributed by atoms with Crippen LogP contribution in [0.25, 0.3) is 0 Å². The van der Waals surface area contributed by atoms with Crippen molar-refractivity contribution in [2.75, 3.05) is 0 Å². The first-order chi connectivity index (χ1) is 6.15. The number of nitrogens with one attached hydrogen (secondary N) is 1. The van der Waals surface area contributed by atoms with Crippen molar-refractivity contribution in [3.63, 3.8) is 0 Å². The summed E-state index contributed by atoms with van der Waals surface area (Å²) in [7, 11) is 0. The third-order valence-electron chi connectivity index (χ3n) is 3.10. The number of carbonyl (C=O) groups excluding carboxylic acids is 1. The third-order valence-corrected chi connectivity index (χ3v) is 3.10. The van der Waals surface area contributed by atoms with Crippen molar-refractivity contribution >= 4 is 5.91 Å². The molecule has 13 heavy (non-hydrogen) atoms. The Morgan fingerprint density at radius 3 is 2.77 bits per heavy atom. The summed E-state index contributed by atoms with van der Waals surface area (Å²) >= 11 is 0. The van der Waals surface area contributed by atoms with Crippen LogP contribution in [0.2, 0.25) is 0 Å². The van der Waals surface area contributed by atoms with Gasteiger partial charge in [0.05, 0.1) is 0 Å². The van der Waals surface area contributed by atoms with Crippen molar-refractivity contribution in [3.05, 3.63) is 0 Å². The molecule has 0 bridgehead atoms. The number of carbonyl (C=O) groups is 1. The largest absolute Gasteiger partial charge is 0.353 e. The molecule has 0 radical (unpaired) electrons. The van der Waals surface area contributed by atoms with E-state index in [2.05, 4.69) is 26.1 Å². The lowest BCUT2D eigenvalue weighted by Gasteiger charge is -2.27. The molecule has 1 heterocycles. The Morgan fingerprint density at radius 1 is 1.54 bits per heavy atom. The van der Waals surface area contributed by atoms with Gasteiger partial charge in [0, 0.05) is 12.5 Å². The molecule has 0 aliphatic carbocycles. The molecule has 2 nitrogen and oxygen atoms in total. The predicted molar refractivity (Wildman–Crippen MR) is 54.4 cm³/mol. The van der Waals surface area contributed by atoms with Crippen molar-refractivity contribution in [1.29, 1.82) is 0 Å². The zero-order valence-corrected chi connectivity index (χ0v) is 8.97. The Hall–Kier alpha value is -0.530. The number of hydrogen-bond donors (Lipinski definition) is 1. The van der Waals surface area contributed by atoms with Gasteiger partial charge in [-0.15, -0.1) is 0 Å². The van der Waals surface area contributed by atoms with E-state index in [0.717, 1.165) is 19.3 Å². The van der Waals surface area contributed by atoms with Gasteiger partial charge in [0.2, 0.25) is 5.91 Å². The van der Waals surface area contributed by atoms with Gasteiger partial charge in [-0.25, -0.2) is 0 Å². The highest BCUT2D eigenvalue weighted by Gasteiger charge is 2.26. The van der Waals surface area contributed by atoms with Gasteiger partial charge in [0.25, 0.3) is 0 Å². The molecule has 0 spiro atoms. The molecule has 76 valence electrons. The molecule has 0 aromatic heterocycles. The SMILES string of the molecule is CCC1NC(=O)CCCC1C(C)C. The summed E-state index contributed by atoms with van der Waals surface area (Å²) in [5, 5.41) is 3.12. The number of rotatable bonds is 2. The molecular weight excluding hydrogens is 162 g/mol. The molecule has 0 aromatic rings. The van der Waals surface area contributed by atoms with Crippen molar-refractivity contribution in [2.24, 2.45) is 11.8 Å². The van der Waals surface area contributed by atoms with Crippen molar-refractivity contribution in [3.8, 4) is 0 Å². The van der Waals surface area contributed by atoms with Gasteiger partial charge in [0.15, 0.2) is 0 Å². The average molecular weight is 183 g/mol. The maximum atomic E-state index is 11.3. The minimum atomic E-state index is 0.245. The molecule has 1 saturated heterocycles. The lowest BCUT2D eigenvalue weighted by atomic mass is 9.84. The summed E-state index contributed by atoms with van der Waals surface area (Å²) in [5.41, 5.74) is 0. The van der Waals surface area contributed by atoms with E-state index in [1.54, 1.807) is 0 Å². The van der Waals surface area contributed by atoms with Crippen LogP contribution in [0, 0.1) is 11.8 Å². The lowest BCUT2D eigenvalue weighted by molar-refractivity contribution is -0.121. The van der Waals surface area contributed by atoms with Crippen LogP contribution >= 0.6 is 0 Å². The number of hydrogen-bond acceptors (Lipinski definition) is 1. The van der Waals surface area contributed by atoms with Gasteiger partial charge in [-0.3, -0.25) is 4.79 Å². The lowest BCUT2D eigenvalue weighted by Crippen LogP contribution is -2.39. The molecule has 1 fully saturated rings. The minimum Gasteiger partial charge on any atom is -0.353 e. The summed E-state index contributed by atoms with van der Waals surface area (Å²) in [6, 6.07) is 0.412. The molecule has 1 N–H and O–H groups in total. The van der Waals surface area contributed by atoms with Crippen LogP contribution in [0.4, 0.5) is 0 Å². The topological polar surface area (TPSA) is 29.1 Å². The fourth-order valence-electron chi connectivity index (χ4n) is 2.29. The Labute approximate surface area is 81.1 Å². The fraction of sp³-hybridized carbons (Fsp3) is 0.909. The smallest absolute Gasteiger partial charge is 0.220 e. The molecular formula is C11H21NO. The van der Waals surface area contributed by atoms with Crippen LogP contribution in [0.3, 0.4) is 0 Å². The molecule has 0 aromatic carbocycles. The molecule has 0 saturated carbocycles. The molecule has 1 amide bonds.